The number of aliphatic carboxylic acids is 1. The van der Waals surface area contributed by atoms with E-state index in [-0.39, 0.29) is 6.61 Å². The maximum absolute atomic E-state index is 11.1. The van der Waals surface area contributed by atoms with E-state index in [9.17, 15) is 4.79 Å². The zero-order valence-corrected chi connectivity index (χ0v) is 62.1. The van der Waals surface area contributed by atoms with E-state index in [0.29, 0.717) is 66.0 Å². The highest BCUT2D eigenvalue weighted by Gasteiger charge is 2.51. The number of rotatable bonds is 32. The van der Waals surface area contributed by atoms with Gasteiger partial charge in [0.15, 0.2) is 0 Å². The van der Waals surface area contributed by atoms with Crippen molar-refractivity contribution < 1.29 is 57.3 Å². The molecule has 0 amide bonds. The van der Waals surface area contributed by atoms with Gasteiger partial charge in [-0.25, -0.2) is 4.79 Å². The van der Waals surface area contributed by atoms with Gasteiger partial charge in [-0.05, 0) is 86.7 Å². The third kappa shape index (κ3) is 20.2. The van der Waals surface area contributed by atoms with Gasteiger partial charge in [0.2, 0.25) is 0 Å². The molecule has 10 atom stereocenters. The molecular formula is C96H94N2O12. The highest BCUT2D eigenvalue weighted by Crippen LogP contribution is 2.44. The Balaban J connectivity index is 0.000000188. The summed E-state index contributed by atoms with van der Waals surface area (Å²) in [5.41, 5.74) is 16.9. The Hall–Kier alpha value is -10.7. The van der Waals surface area contributed by atoms with Crippen molar-refractivity contribution in [3.63, 3.8) is 0 Å². The second-order valence-electron chi connectivity index (χ2n) is 28.1. The molecule has 0 unspecified atom stereocenters. The zero-order valence-electron chi connectivity index (χ0n) is 62.1. The molecule has 0 bridgehead atoms. The second kappa shape index (κ2) is 38.6. The van der Waals surface area contributed by atoms with Crippen LogP contribution in [0.3, 0.4) is 0 Å². The van der Waals surface area contributed by atoms with Crippen LogP contribution < -0.4 is 0 Å². The third-order valence-electron chi connectivity index (χ3n) is 20.2. The maximum atomic E-state index is 11.1. The second-order valence-corrected chi connectivity index (χ2v) is 28.1. The fraction of sp³-hybridized carbons (Fsp3) is 0.240. The summed E-state index contributed by atoms with van der Waals surface area (Å²) in [4.78, 5) is 14.7. The number of nitrogens with zero attached hydrogens (tertiary/aromatic N) is 1. The Labute approximate surface area is 644 Å². The van der Waals surface area contributed by atoms with Crippen molar-refractivity contribution in [1.29, 1.82) is 0 Å². The summed E-state index contributed by atoms with van der Waals surface area (Å²) in [7, 11) is 0. The zero-order chi connectivity index (χ0) is 75.1. The van der Waals surface area contributed by atoms with Crippen molar-refractivity contribution in [2.45, 2.75) is 134 Å². The maximum Gasteiger partial charge on any atom is 0.328 e. The van der Waals surface area contributed by atoms with Gasteiger partial charge in [-0.3, -0.25) is 0 Å². The SMILES string of the molecule is Cc1cccc2c([C@@H]3O[C@H](COCc4ccccc4)[C@@H](OCc4ccccc4)[C@H](OCc4ccccc4)[C@H]3OCc3ccccc3)c[nH]c12.Cc1cccc2c([C@@H]3O[C@H](COCc4ccccc4)[C@@H](OCc4ccccc4)[C@H](OCc4ccccc4)[C@H]3OCc3ccccc3)cn(Cc3ccc(/C=C/C(=O)O)cc3)c12. The molecule has 0 aliphatic carbocycles. The number of para-hydroxylation sites is 2. The lowest BCUT2D eigenvalue weighted by molar-refractivity contribution is -0.274. The van der Waals surface area contributed by atoms with Crippen LogP contribution in [-0.4, -0.2) is 82.7 Å². The van der Waals surface area contributed by atoms with Gasteiger partial charge < -0.3 is 62.0 Å². The predicted octanol–water partition coefficient (Wildman–Crippen LogP) is 19.4. The van der Waals surface area contributed by atoms with Crippen molar-refractivity contribution in [3.05, 3.63) is 400 Å². The Morgan fingerprint density at radius 1 is 0.373 bits per heavy atom. The Bertz CT molecular complexity index is 4960. The molecule has 14 nitrogen and oxygen atoms in total. The van der Waals surface area contributed by atoms with Crippen LogP contribution in [0.2, 0.25) is 0 Å². The van der Waals surface area contributed by atoms with Crippen molar-refractivity contribution in [2.75, 3.05) is 13.2 Å². The number of nitrogens with one attached hydrogen (secondary N) is 1. The van der Waals surface area contributed by atoms with Crippen LogP contribution in [0.25, 0.3) is 27.9 Å². The van der Waals surface area contributed by atoms with Crippen LogP contribution in [-0.2, 0) is 112 Å². The number of benzene rings is 11. The van der Waals surface area contributed by atoms with E-state index >= 15 is 0 Å². The Kier molecular flexibility index (Phi) is 26.7. The van der Waals surface area contributed by atoms with Crippen LogP contribution in [0.15, 0.2) is 322 Å². The summed E-state index contributed by atoms with van der Waals surface area (Å²) in [6.45, 7) is 8.57. The van der Waals surface area contributed by atoms with Crippen LogP contribution in [0.1, 0.15) is 90.1 Å². The standard InChI is InChI=1S/C53H51NO7.C43H43NO5/c1-38-15-14-24-45-46(32-54(49(38)45)31-40-27-25-39(26-28-40)29-30-48(55)56)50-52(59-35-43-20-10-4-11-21-43)53(60-36-44-22-12-5-13-23-44)51(58-34-42-18-8-3-9-19-42)47(61-50)37-57-33-41-16-6-2-7-17-41;1-31-15-14-24-36-37(25-44-39(31)36)40-42(47-28-34-20-10-4-11-21-34)43(48-29-35-22-12-5-13-23-35)41(46-27-33-18-8-3-9-19-33)38(49-40)30-45-26-32-16-6-2-7-17-32/h2-30,32,47,50-53H,31,33-37H2,1H3,(H,55,56);2-25,38,40-44H,26-30H2,1H3/b30-29+;/t47-,50+,51-,52+,53+;38-,40+,41-,42+,43+/m11/s1. The molecule has 0 saturated carbocycles. The highest BCUT2D eigenvalue weighted by atomic mass is 16.6. The molecule has 0 spiro atoms. The molecule has 2 fully saturated rings. The summed E-state index contributed by atoms with van der Waals surface area (Å²) in [5.74, 6) is -0.978. The van der Waals surface area contributed by atoms with Gasteiger partial charge in [0.1, 0.15) is 61.0 Å². The largest absolute Gasteiger partial charge is 0.478 e. The van der Waals surface area contributed by atoms with E-state index in [2.05, 4.69) is 169 Å². The summed E-state index contributed by atoms with van der Waals surface area (Å²) in [6, 6.07) is 102. The third-order valence-corrected chi connectivity index (χ3v) is 20.2. The number of aromatic amines is 1. The minimum absolute atomic E-state index is 0.266. The Morgan fingerprint density at radius 3 is 1.11 bits per heavy atom. The average molecular weight is 1470 g/mol. The molecule has 4 heterocycles. The first-order valence-electron chi connectivity index (χ1n) is 37.8. The van der Waals surface area contributed by atoms with E-state index in [1.807, 2.05) is 170 Å². The summed E-state index contributed by atoms with van der Waals surface area (Å²) in [5, 5.41) is 11.3. The van der Waals surface area contributed by atoms with Crippen molar-refractivity contribution in [3.8, 4) is 0 Å². The van der Waals surface area contributed by atoms with E-state index < -0.39 is 67.0 Å². The lowest BCUT2D eigenvalue weighted by Gasteiger charge is -2.46. The molecule has 110 heavy (non-hydrogen) atoms. The van der Waals surface area contributed by atoms with Gasteiger partial charge in [0.25, 0.3) is 0 Å². The number of hydrogen-bond donors (Lipinski definition) is 2. The van der Waals surface area contributed by atoms with Crippen LogP contribution in [0.5, 0.6) is 0 Å². The molecule has 2 aliphatic rings. The smallest absolute Gasteiger partial charge is 0.328 e. The Morgan fingerprint density at radius 2 is 0.718 bits per heavy atom. The fourth-order valence-electron chi connectivity index (χ4n) is 14.7. The highest BCUT2D eigenvalue weighted by molar-refractivity contribution is 5.88. The fourth-order valence-corrected chi connectivity index (χ4v) is 14.7. The van der Waals surface area contributed by atoms with Gasteiger partial charge in [-0.2, -0.15) is 0 Å². The molecule has 2 aliphatic heterocycles. The van der Waals surface area contributed by atoms with Crippen molar-refractivity contribution in [1.82, 2.24) is 9.55 Å². The number of carbonyl (C=O) groups is 1. The lowest BCUT2D eigenvalue weighted by atomic mass is 9.90. The van der Waals surface area contributed by atoms with Crippen LogP contribution in [0, 0.1) is 13.8 Å². The number of carboxylic acids is 1. The lowest BCUT2D eigenvalue weighted by Crippen LogP contribution is -2.58. The van der Waals surface area contributed by atoms with Crippen molar-refractivity contribution >= 4 is 33.9 Å². The molecule has 2 saturated heterocycles. The number of hydrogen-bond acceptors (Lipinski definition) is 11. The van der Waals surface area contributed by atoms with Crippen LogP contribution in [0.4, 0.5) is 0 Å². The van der Waals surface area contributed by atoms with Crippen molar-refractivity contribution in [2.24, 2.45) is 0 Å². The average Bonchev–Trinajstić information content (AvgIpc) is 1.54. The first-order chi connectivity index (χ1) is 54.2. The predicted molar refractivity (Wildman–Crippen MR) is 429 cm³/mol. The summed E-state index contributed by atoms with van der Waals surface area (Å²) >= 11 is 0. The quantitative estimate of drug-likeness (QED) is 0.0386. The van der Waals surface area contributed by atoms with Gasteiger partial charge in [-0.1, -0.05) is 303 Å². The van der Waals surface area contributed by atoms with E-state index in [0.717, 1.165) is 100 Å². The molecule has 13 aromatic rings. The van der Waals surface area contributed by atoms with E-state index in [1.165, 1.54) is 5.56 Å². The first kappa shape index (κ1) is 76.1. The van der Waals surface area contributed by atoms with Gasteiger partial charge in [0.05, 0.1) is 71.6 Å². The first-order valence-corrected chi connectivity index (χ1v) is 37.8. The molecule has 0 radical (unpaired) electrons. The molecule has 14 heteroatoms. The van der Waals surface area contributed by atoms with E-state index in [4.69, 9.17) is 52.5 Å². The molecule has 15 rings (SSSR count). The molecule has 2 N–H and O–H groups in total. The number of fused-ring (bicyclic) bond motifs is 2. The molecule has 2 aromatic heterocycles. The minimum Gasteiger partial charge on any atom is -0.478 e. The topological polar surface area (TPSA) is 150 Å². The number of aryl methyl sites for hydroxylation is 2. The summed E-state index contributed by atoms with van der Waals surface area (Å²) in [6.07, 6.45) is 1.85. The molecule has 11 aromatic carbocycles. The number of carboxylic acid groups (broad SMARTS) is 1. The monoisotopic (exact) mass is 1470 g/mol. The molecular weight excluding hydrogens is 1370 g/mol. The number of H-pyrrole nitrogens is 1. The number of aromatic nitrogens is 2. The van der Waals surface area contributed by atoms with Gasteiger partial charge >= 0.3 is 5.97 Å². The van der Waals surface area contributed by atoms with Crippen LogP contribution >= 0.6 is 0 Å². The van der Waals surface area contributed by atoms with Gasteiger partial charge in [-0.15, -0.1) is 0 Å². The van der Waals surface area contributed by atoms with Gasteiger partial charge in [0, 0.05) is 52.4 Å². The van der Waals surface area contributed by atoms with E-state index in [1.54, 1.807) is 6.08 Å². The summed E-state index contributed by atoms with van der Waals surface area (Å²) < 4.78 is 71.3. The normalized spacial score (nSPS) is 19.8. The minimum atomic E-state index is -0.978. The molecule has 560 valence electrons. The number of ether oxygens (including phenoxy) is 10.